The van der Waals surface area contributed by atoms with Crippen LogP contribution in [0.3, 0.4) is 0 Å². The van der Waals surface area contributed by atoms with Crippen LogP contribution >= 0.6 is 0 Å². The van der Waals surface area contributed by atoms with Gasteiger partial charge in [0.15, 0.2) is 0 Å². The molecule has 1 aliphatic heterocycles. The molecule has 0 bridgehead atoms. The standard InChI is InChI=1S/C13H20O5/c1-5-9-6-7-10(14)11(17-9)8-16-12(15)18-13(2,3)4/h1,9-11,14H,6-8H2,2-4H3/t9-,10-,11+/m1/s1. The van der Waals surface area contributed by atoms with Gasteiger partial charge in [-0.05, 0) is 33.6 Å². The van der Waals surface area contributed by atoms with Crippen LogP contribution in [0.25, 0.3) is 0 Å². The number of aliphatic hydroxyl groups excluding tert-OH is 1. The highest BCUT2D eigenvalue weighted by Crippen LogP contribution is 2.20. The highest BCUT2D eigenvalue weighted by atomic mass is 16.7. The van der Waals surface area contributed by atoms with E-state index < -0.39 is 24.0 Å². The van der Waals surface area contributed by atoms with Gasteiger partial charge in [0.2, 0.25) is 0 Å². The van der Waals surface area contributed by atoms with E-state index in [1.807, 2.05) is 0 Å². The maximum atomic E-state index is 11.3. The maximum absolute atomic E-state index is 11.3. The summed E-state index contributed by atoms with van der Waals surface area (Å²) in [4.78, 5) is 11.3. The first kappa shape index (κ1) is 14.8. The second-order valence-corrected chi connectivity index (χ2v) is 5.25. The van der Waals surface area contributed by atoms with Gasteiger partial charge in [-0.25, -0.2) is 4.79 Å². The van der Waals surface area contributed by atoms with Crippen LogP contribution in [-0.2, 0) is 14.2 Å². The first-order valence-corrected chi connectivity index (χ1v) is 5.97. The predicted molar refractivity (Wildman–Crippen MR) is 64.9 cm³/mol. The van der Waals surface area contributed by atoms with E-state index >= 15 is 0 Å². The second kappa shape index (κ2) is 6.07. The Hall–Kier alpha value is -1.25. The van der Waals surface area contributed by atoms with Crippen molar-refractivity contribution in [2.45, 2.75) is 57.5 Å². The van der Waals surface area contributed by atoms with Crippen molar-refractivity contribution in [3.8, 4) is 12.3 Å². The smallest absolute Gasteiger partial charge is 0.431 e. The van der Waals surface area contributed by atoms with E-state index in [1.165, 1.54) is 0 Å². The Morgan fingerprint density at radius 3 is 2.72 bits per heavy atom. The lowest BCUT2D eigenvalue weighted by atomic mass is 10.0. The molecule has 1 aliphatic rings. The van der Waals surface area contributed by atoms with Crippen LogP contribution in [0.4, 0.5) is 4.79 Å². The van der Waals surface area contributed by atoms with Gasteiger partial charge in [0.25, 0.3) is 0 Å². The summed E-state index contributed by atoms with van der Waals surface area (Å²) in [6, 6.07) is 0. The quantitative estimate of drug-likeness (QED) is 0.599. The van der Waals surface area contributed by atoms with Crippen LogP contribution in [0.2, 0.25) is 0 Å². The monoisotopic (exact) mass is 256 g/mol. The fourth-order valence-electron chi connectivity index (χ4n) is 1.58. The molecule has 1 fully saturated rings. The van der Waals surface area contributed by atoms with Gasteiger partial charge in [-0.2, -0.15) is 0 Å². The molecule has 5 heteroatoms. The molecule has 0 amide bonds. The Balaban J connectivity index is 2.38. The average molecular weight is 256 g/mol. The van der Waals surface area contributed by atoms with Gasteiger partial charge >= 0.3 is 6.16 Å². The number of aliphatic hydroxyl groups is 1. The number of terminal acetylenes is 1. The third-order valence-electron chi connectivity index (χ3n) is 2.43. The molecule has 0 saturated carbocycles. The number of rotatable bonds is 2. The Kier molecular flexibility index (Phi) is 5.00. The molecule has 0 aromatic rings. The predicted octanol–water partition coefficient (Wildman–Crippen LogP) is 1.48. The second-order valence-electron chi connectivity index (χ2n) is 5.25. The van der Waals surface area contributed by atoms with E-state index in [2.05, 4.69) is 5.92 Å². The summed E-state index contributed by atoms with van der Waals surface area (Å²) < 4.78 is 15.3. The van der Waals surface area contributed by atoms with Crippen molar-refractivity contribution >= 4 is 6.16 Å². The maximum Gasteiger partial charge on any atom is 0.508 e. The van der Waals surface area contributed by atoms with Crippen molar-refractivity contribution < 1.29 is 24.1 Å². The van der Waals surface area contributed by atoms with Gasteiger partial charge in [-0.15, -0.1) is 6.42 Å². The van der Waals surface area contributed by atoms with Gasteiger partial charge < -0.3 is 19.3 Å². The summed E-state index contributed by atoms with van der Waals surface area (Å²) in [7, 11) is 0. The van der Waals surface area contributed by atoms with E-state index in [9.17, 15) is 9.90 Å². The zero-order chi connectivity index (χ0) is 13.8. The molecule has 1 heterocycles. The van der Waals surface area contributed by atoms with Gasteiger partial charge in [-0.3, -0.25) is 0 Å². The van der Waals surface area contributed by atoms with Crippen LogP contribution in [0.1, 0.15) is 33.6 Å². The molecule has 3 atom stereocenters. The van der Waals surface area contributed by atoms with Gasteiger partial charge in [-0.1, -0.05) is 5.92 Å². The van der Waals surface area contributed by atoms with Gasteiger partial charge in [0, 0.05) is 0 Å². The molecule has 18 heavy (non-hydrogen) atoms. The molecule has 0 aliphatic carbocycles. The molecule has 1 rings (SSSR count). The van der Waals surface area contributed by atoms with Crippen LogP contribution in [0, 0.1) is 12.3 Å². The summed E-state index contributed by atoms with van der Waals surface area (Å²) in [5.74, 6) is 2.48. The molecule has 0 spiro atoms. The lowest BCUT2D eigenvalue weighted by molar-refractivity contribution is -0.124. The van der Waals surface area contributed by atoms with E-state index in [0.717, 1.165) is 0 Å². The topological polar surface area (TPSA) is 65.0 Å². The van der Waals surface area contributed by atoms with Crippen molar-refractivity contribution in [1.82, 2.24) is 0 Å². The SMILES string of the molecule is C#C[C@@H]1CC[C@@H](O)[C@H](COC(=O)OC(C)(C)C)O1. The summed E-state index contributed by atoms with van der Waals surface area (Å²) in [5, 5.41) is 9.70. The number of ether oxygens (including phenoxy) is 3. The third-order valence-corrected chi connectivity index (χ3v) is 2.43. The Bertz CT molecular complexity index is 325. The number of carbonyl (C=O) groups is 1. The fraction of sp³-hybridized carbons (Fsp3) is 0.769. The Labute approximate surface area is 107 Å². The molecular weight excluding hydrogens is 236 g/mol. The highest BCUT2D eigenvalue weighted by molar-refractivity contribution is 5.60. The lowest BCUT2D eigenvalue weighted by Gasteiger charge is -2.31. The van der Waals surface area contributed by atoms with Crippen molar-refractivity contribution in [2.24, 2.45) is 0 Å². The molecule has 0 aromatic carbocycles. The van der Waals surface area contributed by atoms with Crippen molar-refractivity contribution in [3.05, 3.63) is 0 Å². The Morgan fingerprint density at radius 2 is 2.17 bits per heavy atom. The molecule has 0 unspecified atom stereocenters. The molecule has 1 saturated heterocycles. The van der Waals surface area contributed by atoms with E-state index in [-0.39, 0.29) is 12.7 Å². The van der Waals surface area contributed by atoms with E-state index in [1.54, 1.807) is 20.8 Å². The highest BCUT2D eigenvalue weighted by Gasteiger charge is 2.30. The first-order valence-electron chi connectivity index (χ1n) is 5.97. The summed E-state index contributed by atoms with van der Waals surface area (Å²) in [6.07, 6.45) is 4.04. The van der Waals surface area contributed by atoms with E-state index in [4.69, 9.17) is 20.6 Å². The van der Waals surface area contributed by atoms with Gasteiger partial charge in [0.05, 0.1) is 6.10 Å². The van der Waals surface area contributed by atoms with Crippen molar-refractivity contribution in [1.29, 1.82) is 0 Å². The summed E-state index contributed by atoms with van der Waals surface area (Å²) in [5.41, 5.74) is -0.607. The number of hydrogen-bond acceptors (Lipinski definition) is 5. The van der Waals surface area contributed by atoms with Crippen molar-refractivity contribution in [2.75, 3.05) is 6.61 Å². The zero-order valence-electron chi connectivity index (χ0n) is 11.0. The number of carbonyl (C=O) groups excluding carboxylic acids is 1. The van der Waals surface area contributed by atoms with E-state index in [0.29, 0.717) is 12.8 Å². The minimum atomic E-state index is -0.777. The minimum absolute atomic E-state index is 0.0612. The number of hydrogen-bond donors (Lipinski definition) is 1. The normalized spacial score (nSPS) is 28.3. The summed E-state index contributed by atoms with van der Waals surface area (Å²) in [6.45, 7) is 5.17. The van der Waals surface area contributed by atoms with Gasteiger partial charge in [0.1, 0.15) is 24.4 Å². The van der Waals surface area contributed by atoms with Crippen LogP contribution in [0.15, 0.2) is 0 Å². The minimum Gasteiger partial charge on any atom is -0.431 e. The molecular formula is C13H20O5. The molecule has 0 aromatic heterocycles. The Morgan fingerprint density at radius 1 is 1.50 bits per heavy atom. The third kappa shape index (κ3) is 4.94. The molecule has 102 valence electrons. The lowest BCUT2D eigenvalue weighted by Crippen LogP contribution is -2.42. The first-order chi connectivity index (χ1) is 8.31. The zero-order valence-corrected chi connectivity index (χ0v) is 11.0. The average Bonchev–Trinajstić information content (AvgIpc) is 2.25. The van der Waals surface area contributed by atoms with Crippen molar-refractivity contribution in [3.63, 3.8) is 0 Å². The molecule has 1 N–H and O–H groups in total. The summed E-state index contributed by atoms with van der Waals surface area (Å²) >= 11 is 0. The largest absolute Gasteiger partial charge is 0.508 e. The van der Waals surface area contributed by atoms with Crippen LogP contribution < -0.4 is 0 Å². The fourth-order valence-corrected chi connectivity index (χ4v) is 1.58. The van der Waals surface area contributed by atoms with Crippen LogP contribution in [-0.4, -0.2) is 41.8 Å². The molecule has 0 radical (unpaired) electrons. The molecule has 5 nitrogen and oxygen atoms in total. The van der Waals surface area contributed by atoms with Crippen LogP contribution in [0.5, 0.6) is 0 Å².